The van der Waals surface area contributed by atoms with E-state index in [0.717, 1.165) is 24.0 Å². The SMILES string of the molecule is CCC(=O)N[C@@H]1c2ccccc2C2(CCN(C(=O)CCOC)CC2)[C@H]1OCc1cccnc1. The van der Waals surface area contributed by atoms with Crippen LogP contribution in [0.4, 0.5) is 0 Å². The molecule has 1 fully saturated rings. The van der Waals surface area contributed by atoms with E-state index in [9.17, 15) is 9.59 Å². The summed E-state index contributed by atoms with van der Waals surface area (Å²) in [6.45, 7) is 4.05. The van der Waals surface area contributed by atoms with Gasteiger partial charge in [-0.15, -0.1) is 0 Å². The Balaban J connectivity index is 1.62. The highest BCUT2D eigenvalue weighted by molar-refractivity contribution is 5.77. The van der Waals surface area contributed by atoms with Gasteiger partial charge in [0.25, 0.3) is 0 Å². The summed E-state index contributed by atoms with van der Waals surface area (Å²) in [6, 6.07) is 12.0. The number of fused-ring (bicyclic) bond motifs is 2. The number of carbonyl (C=O) groups is 2. The molecule has 2 aliphatic rings. The van der Waals surface area contributed by atoms with Crippen LogP contribution >= 0.6 is 0 Å². The Labute approximate surface area is 195 Å². The molecule has 1 aliphatic carbocycles. The van der Waals surface area contributed by atoms with Crippen LogP contribution in [-0.4, -0.2) is 54.6 Å². The molecule has 0 unspecified atom stereocenters. The largest absolute Gasteiger partial charge is 0.384 e. The van der Waals surface area contributed by atoms with Gasteiger partial charge in [0.15, 0.2) is 0 Å². The lowest BCUT2D eigenvalue weighted by Crippen LogP contribution is -2.52. The molecule has 1 saturated heterocycles. The number of benzene rings is 1. The Morgan fingerprint density at radius 3 is 2.67 bits per heavy atom. The van der Waals surface area contributed by atoms with Gasteiger partial charge in [-0.25, -0.2) is 0 Å². The number of methoxy groups -OCH3 is 1. The maximum absolute atomic E-state index is 12.6. The van der Waals surface area contributed by atoms with Crippen LogP contribution in [0.25, 0.3) is 0 Å². The highest BCUT2D eigenvalue weighted by atomic mass is 16.5. The molecule has 7 nitrogen and oxygen atoms in total. The molecule has 2 aromatic rings. The van der Waals surface area contributed by atoms with Crippen LogP contribution in [0.15, 0.2) is 48.8 Å². The number of pyridine rings is 1. The van der Waals surface area contributed by atoms with Crippen molar-refractivity contribution in [3.63, 3.8) is 0 Å². The van der Waals surface area contributed by atoms with Gasteiger partial charge in [0.1, 0.15) is 0 Å². The van der Waals surface area contributed by atoms with E-state index in [2.05, 4.69) is 28.5 Å². The standard InChI is InChI=1S/C26H33N3O4/c1-3-22(30)28-24-20-8-4-5-9-21(20)26(25(24)33-18-19-7-6-13-27-17-19)11-14-29(15-12-26)23(31)10-16-32-2/h4-9,13,17,24-25H,3,10-12,14-16,18H2,1-2H3,(H,28,30)/t24-,25+/m1/s1. The van der Waals surface area contributed by atoms with Crippen LogP contribution < -0.4 is 5.32 Å². The number of hydrogen-bond donors (Lipinski definition) is 1. The summed E-state index contributed by atoms with van der Waals surface area (Å²) < 4.78 is 11.7. The first-order valence-electron chi connectivity index (χ1n) is 11.7. The normalized spacial score (nSPS) is 21.1. The summed E-state index contributed by atoms with van der Waals surface area (Å²) in [5.74, 6) is 0.135. The van der Waals surface area contributed by atoms with Crippen LogP contribution in [0.5, 0.6) is 0 Å². The molecule has 1 aromatic carbocycles. The lowest BCUT2D eigenvalue weighted by Gasteiger charge is -2.44. The second kappa shape index (κ2) is 10.4. The van der Waals surface area contributed by atoms with Gasteiger partial charge in [-0.3, -0.25) is 14.6 Å². The van der Waals surface area contributed by atoms with Crippen molar-refractivity contribution in [3.8, 4) is 0 Å². The summed E-state index contributed by atoms with van der Waals surface area (Å²) in [7, 11) is 1.61. The summed E-state index contributed by atoms with van der Waals surface area (Å²) in [6.07, 6.45) is 5.74. The highest BCUT2D eigenvalue weighted by Crippen LogP contribution is 2.52. The van der Waals surface area contributed by atoms with Crippen LogP contribution in [0.1, 0.15) is 55.3 Å². The fourth-order valence-corrected chi connectivity index (χ4v) is 5.27. The van der Waals surface area contributed by atoms with E-state index in [1.54, 1.807) is 13.3 Å². The number of rotatable bonds is 8. The molecule has 1 N–H and O–H groups in total. The van der Waals surface area contributed by atoms with Gasteiger partial charge in [-0.05, 0) is 35.6 Å². The Morgan fingerprint density at radius 1 is 1.18 bits per heavy atom. The second-order valence-electron chi connectivity index (χ2n) is 8.86. The molecule has 33 heavy (non-hydrogen) atoms. The zero-order valence-corrected chi connectivity index (χ0v) is 19.5. The number of carbonyl (C=O) groups excluding carboxylic acids is 2. The van der Waals surface area contributed by atoms with Crippen molar-refractivity contribution >= 4 is 11.8 Å². The third-order valence-corrected chi connectivity index (χ3v) is 7.00. The number of nitrogens with one attached hydrogen (secondary N) is 1. The third-order valence-electron chi connectivity index (χ3n) is 7.00. The van der Waals surface area contributed by atoms with Gasteiger partial charge in [0.2, 0.25) is 11.8 Å². The van der Waals surface area contributed by atoms with E-state index in [0.29, 0.717) is 39.1 Å². The molecule has 176 valence electrons. The number of piperidine rings is 1. The Hall–Kier alpha value is -2.77. The Kier molecular flexibility index (Phi) is 7.40. The molecular formula is C26H33N3O4. The number of likely N-dealkylation sites (tertiary alicyclic amines) is 1. The van der Waals surface area contributed by atoms with E-state index < -0.39 is 0 Å². The molecule has 0 bridgehead atoms. The molecule has 0 radical (unpaired) electrons. The predicted molar refractivity (Wildman–Crippen MR) is 124 cm³/mol. The number of ether oxygens (including phenoxy) is 2. The van der Waals surface area contributed by atoms with Crippen molar-refractivity contribution in [2.75, 3.05) is 26.8 Å². The fraction of sp³-hybridized carbons (Fsp3) is 0.500. The minimum atomic E-state index is -0.261. The second-order valence-corrected chi connectivity index (χ2v) is 8.86. The van der Waals surface area contributed by atoms with Crippen molar-refractivity contribution in [1.29, 1.82) is 0 Å². The minimum Gasteiger partial charge on any atom is -0.384 e. The smallest absolute Gasteiger partial charge is 0.224 e. The molecule has 7 heteroatoms. The first kappa shape index (κ1) is 23.4. The van der Waals surface area contributed by atoms with Crippen molar-refractivity contribution in [3.05, 3.63) is 65.5 Å². The highest BCUT2D eigenvalue weighted by Gasteiger charge is 2.54. The average Bonchev–Trinajstić information content (AvgIpc) is 3.10. The molecule has 1 aliphatic heterocycles. The lowest BCUT2D eigenvalue weighted by molar-refractivity contribution is -0.135. The van der Waals surface area contributed by atoms with Gasteiger partial charge < -0.3 is 19.7 Å². The van der Waals surface area contributed by atoms with E-state index in [1.807, 2.05) is 36.2 Å². The van der Waals surface area contributed by atoms with Crippen LogP contribution in [-0.2, 0) is 31.1 Å². The lowest BCUT2D eigenvalue weighted by atomic mass is 9.71. The number of nitrogens with zero attached hydrogens (tertiary/aromatic N) is 2. The van der Waals surface area contributed by atoms with Gasteiger partial charge in [-0.2, -0.15) is 0 Å². The average molecular weight is 452 g/mol. The quantitative estimate of drug-likeness (QED) is 0.667. The number of hydrogen-bond acceptors (Lipinski definition) is 5. The minimum absolute atomic E-state index is 0.00834. The van der Waals surface area contributed by atoms with Gasteiger partial charge in [0.05, 0.1) is 31.8 Å². The number of aromatic nitrogens is 1. The van der Waals surface area contributed by atoms with Gasteiger partial charge in [-0.1, -0.05) is 37.3 Å². The maximum Gasteiger partial charge on any atom is 0.224 e. The summed E-state index contributed by atoms with van der Waals surface area (Å²) in [5.41, 5.74) is 3.08. The van der Waals surface area contributed by atoms with Crippen molar-refractivity contribution < 1.29 is 19.1 Å². The van der Waals surface area contributed by atoms with Gasteiger partial charge in [0, 0.05) is 44.4 Å². The molecule has 2 heterocycles. The van der Waals surface area contributed by atoms with E-state index in [-0.39, 0.29) is 29.4 Å². The molecule has 1 aromatic heterocycles. The van der Waals surface area contributed by atoms with E-state index in [4.69, 9.17) is 9.47 Å². The molecule has 2 amide bonds. The van der Waals surface area contributed by atoms with Crippen LogP contribution in [0, 0.1) is 0 Å². The van der Waals surface area contributed by atoms with E-state index >= 15 is 0 Å². The topological polar surface area (TPSA) is 80.8 Å². The molecule has 0 saturated carbocycles. The van der Waals surface area contributed by atoms with Crippen molar-refractivity contribution in [2.24, 2.45) is 0 Å². The maximum atomic E-state index is 12.6. The molecule has 2 atom stereocenters. The fourth-order valence-electron chi connectivity index (χ4n) is 5.27. The monoisotopic (exact) mass is 451 g/mol. The van der Waals surface area contributed by atoms with Crippen LogP contribution in [0.2, 0.25) is 0 Å². The summed E-state index contributed by atoms with van der Waals surface area (Å²) >= 11 is 0. The third kappa shape index (κ3) is 4.80. The molecular weight excluding hydrogens is 418 g/mol. The van der Waals surface area contributed by atoms with Crippen molar-refractivity contribution in [1.82, 2.24) is 15.2 Å². The van der Waals surface area contributed by atoms with E-state index in [1.165, 1.54) is 5.56 Å². The molecule has 4 rings (SSSR count). The first-order valence-corrected chi connectivity index (χ1v) is 11.7. The predicted octanol–water partition coefficient (Wildman–Crippen LogP) is 3.14. The van der Waals surface area contributed by atoms with Gasteiger partial charge >= 0.3 is 0 Å². The Morgan fingerprint density at radius 2 is 1.97 bits per heavy atom. The summed E-state index contributed by atoms with van der Waals surface area (Å²) in [5, 5.41) is 3.23. The summed E-state index contributed by atoms with van der Waals surface area (Å²) in [4.78, 5) is 31.2. The van der Waals surface area contributed by atoms with Crippen molar-refractivity contribution in [2.45, 2.75) is 56.8 Å². The zero-order chi connectivity index (χ0) is 23.3. The first-order chi connectivity index (χ1) is 16.1. The Bertz CT molecular complexity index is 957. The zero-order valence-electron chi connectivity index (χ0n) is 19.5. The van der Waals surface area contributed by atoms with Crippen LogP contribution in [0.3, 0.4) is 0 Å². The number of amides is 2. The molecule has 1 spiro atoms.